The fourth-order valence-corrected chi connectivity index (χ4v) is 2.29. The van der Waals surface area contributed by atoms with E-state index >= 15 is 0 Å². The van der Waals surface area contributed by atoms with Crippen molar-refractivity contribution >= 4 is 11.9 Å². The number of carbonyl (C=O) groups is 2. The van der Waals surface area contributed by atoms with Gasteiger partial charge in [0.1, 0.15) is 0 Å². The van der Waals surface area contributed by atoms with E-state index in [1.165, 1.54) is 0 Å². The average Bonchev–Trinajstić information content (AvgIpc) is 2.52. The first-order valence-electron chi connectivity index (χ1n) is 7.21. The SMILES string of the molecule is O=C(O)c1ccc(CCCCc2ccc(C(=O)O)cc2)cc1. The molecule has 0 aliphatic heterocycles. The van der Waals surface area contributed by atoms with Gasteiger partial charge in [0, 0.05) is 0 Å². The highest BCUT2D eigenvalue weighted by molar-refractivity contribution is 5.87. The van der Waals surface area contributed by atoms with Crippen molar-refractivity contribution in [3.8, 4) is 0 Å². The van der Waals surface area contributed by atoms with Crippen LogP contribution in [-0.2, 0) is 12.8 Å². The molecular formula is C18H18O4. The van der Waals surface area contributed by atoms with Crippen molar-refractivity contribution in [1.29, 1.82) is 0 Å². The average molecular weight is 298 g/mol. The molecule has 0 aliphatic rings. The van der Waals surface area contributed by atoms with Gasteiger partial charge in [-0.25, -0.2) is 9.59 Å². The molecule has 4 heteroatoms. The van der Waals surface area contributed by atoms with Gasteiger partial charge >= 0.3 is 11.9 Å². The maximum Gasteiger partial charge on any atom is 0.335 e. The predicted molar refractivity (Wildman–Crippen MR) is 83.4 cm³/mol. The molecule has 0 saturated heterocycles. The topological polar surface area (TPSA) is 74.6 Å². The fourth-order valence-electron chi connectivity index (χ4n) is 2.29. The van der Waals surface area contributed by atoms with Crippen molar-refractivity contribution in [2.75, 3.05) is 0 Å². The van der Waals surface area contributed by atoms with Gasteiger partial charge < -0.3 is 10.2 Å². The number of aryl methyl sites for hydroxylation is 2. The maximum absolute atomic E-state index is 10.8. The Kier molecular flexibility index (Phi) is 5.31. The summed E-state index contributed by atoms with van der Waals surface area (Å²) in [6, 6.07) is 13.9. The van der Waals surface area contributed by atoms with E-state index in [4.69, 9.17) is 10.2 Å². The van der Waals surface area contributed by atoms with E-state index in [9.17, 15) is 9.59 Å². The van der Waals surface area contributed by atoms with E-state index in [0.29, 0.717) is 11.1 Å². The summed E-state index contributed by atoms with van der Waals surface area (Å²) in [5.74, 6) is -1.81. The summed E-state index contributed by atoms with van der Waals surface area (Å²) in [4.78, 5) is 21.5. The molecule has 4 nitrogen and oxygen atoms in total. The van der Waals surface area contributed by atoms with Crippen LogP contribution in [0.4, 0.5) is 0 Å². The van der Waals surface area contributed by atoms with Crippen LogP contribution in [0.3, 0.4) is 0 Å². The lowest BCUT2D eigenvalue weighted by Crippen LogP contribution is -1.97. The first-order chi connectivity index (χ1) is 10.6. The third-order valence-electron chi connectivity index (χ3n) is 3.58. The van der Waals surface area contributed by atoms with Gasteiger partial charge in [-0.1, -0.05) is 24.3 Å². The van der Waals surface area contributed by atoms with Gasteiger partial charge in [-0.05, 0) is 61.1 Å². The summed E-state index contributed by atoms with van der Waals surface area (Å²) < 4.78 is 0. The number of carboxylic acid groups (broad SMARTS) is 2. The highest BCUT2D eigenvalue weighted by Gasteiger charge is 2.03. The van der Waals surface area contributed by atoms with Gasteiger partial charge in [0.05, 0.1) is 11.1 Å². The number of carboxylic acids is 2. The van der Waals surface area contributed by atoms with Gasteiger partial charge in [-0.3, -0.25) is 0 Å². The van der Waals surface area contributed by atoms with Crippen LogP contribution in [0.5, 0.6) is 0 Å². The molecule has 0 aromatic heterocycles. The summed E-state index contributed by atoms with van der Waals surface area (Å²) in [6.45, 7) is 0. The molecule has 0 heterocycles. The van der Waals surface area contributed by atoms with Crippen LogP contribution in [0.1, 0.15) is 44.7 Å². The molecule has 2 N–H and O–H groups in total. The molecule has 0 bridgehead atoms. The molecule has 0 unspecified atom stereocenters. The molecular weight excluding hydrogens is 280 g/mol. The van der Waals surface area contributed by atoms with E-state index in [1.807, 2.05) is 24.3 Å². The number of hydrogen-bond donors (Lipinski definition) is 2. The quantitative estimate of drug-likeness (QED) is 0.765. The Hall–Kier alpha value is -2.62. The maximum atomic E-state index is 10.8. The summed E-state index contributed by atoms with van der Waals surface area (Å²) in [7, 11) is 0. The lowest BCUT2D eigenvalue weighted by Gasteiger charge is -2.04. The number of hydrogen-bond acceptors (Lipinski definition) is 2. The minimum Gasteiger partial charge on any atom is -0.478 e. The van der Waals surface area contributed by atoms with Crippen LogP contribution in [0.2, 0.25) is 0 Å². The summed E-state index contributed by atoms with van der Waals surface area (Å²) in [6.07, 6.45) is 3.83. The molecule has 0 aliphatic carbocycles. The zero-order valence-electron chi connectivity index (χ0n) is 12.2. The summed E-state index contributed by atoms with van der Waals surface area (Å²) in [5, 5.41) is 17.7. The number of unbranched alkanes of at least 4 members (excludes halogenated alkanes) is 1. The van der Waals surface area contributed by atoms with Crippen molar-refractivity contribution < 1.29 is 19.8 Å². The van der Waals surface area contributed by atoms with Gasteiger partial charge in [-0.15, -0.1) is 0 Å². The minimum absolute atomic E-state index is 0.308. The second-order valence-corrected chi connectivity index (χ2v) is 5.21. The van der Waals surface area contributed by atoms with Crippen molar-refractivity contribution in [2.24, 2.45) is 0 Å². The molecule has 0 spiro atoms. The zero-order valence-corrected chi connectivity index (χ0v) is 12.2. The number of aromatic carboxylic acids is 2. The standard InChI is InChI=1S/C18H18O4/c19-17(20)15-9-5-13(6-10-15)3-1-2-4-14-7-11-16(12-8-14)18(21)22/h5-12H,1-4H2,(H,19,20)(H,21,22). The van der Waals surface area contributed by atoms with Gasteiger partial charge in [0.25, 0.3) is 0 Å². The molecule has 0 radical (unpaired) electrons. The van der Waals surface area contributed by atoms with Crippen LogP contribution < -0.4 is 0 Å². The Morgan fingerprint density at radius 1 is 0.636 bits per heavy atom. The van der Waals surface area contributed by atoms with Crippen LogP contribution in [0.15, 0.2) is 48.5 Å². The Labute approximate surface area is 129 Å². The second-order valence-electron chi connectivity index (χ2n) is 5.21. The first-order valence-corrected chi connectivity index (χ1v) is 7.21. The highest BCUT2D eigenvalue weighted by Crippen LogP contribution is 2.12. The van der Waals surface area contributed by atoms with Gasteiger partial charge in [-0.2, -0.15) is 0 Å². The largest absolute Gasteiger partial charge is 0.478 e. The normalized spacial score (nSPS) is 10.4. The van der Waals surface area contributed by atoms with E-state index in [1.54, 1.807) is 24.3 Å². The monoisotopic (exact) mass is 298 g/mol. The molecule has 2 aromatic rings. The van der Waals surface area contributed by atoms with E-state index in [0.717, 1.165) is 36.8 Å². The van der Waals surface area contributed by atoms with Crippen LogP contribution in [-0.4, -0.2) is 22.2 Å². The summed E-state index contributed by atoms with van der Waals surface area (Å²) in [5.41, 5.74) is 2.88. The molecule has 2 rings (SSSR count). The lowest BCUT2D eigenvalue weighted by molar-refractivity contribution is 0.0686. The second kappa shape index (κ2) is 7.41. The van der Waals surface area contributed by atoms with E-state index in [2.05, 4.69) is 0 Å². The van der Waals surface area contributed by atoms with Crippen LogP contribution in [0.25, 0.3) is 0 Å². The number of rotatable bonds is 7. The van der Waals surface area contributed by atoms with Crippen LogP contribution in [0, 0.1) is 0 Å². The Morgan fingerprint density at radius 2 is 0.955 bits per heavy atom. The Balaban J connectivity index is 1.77. The summed E-state index contributed by atoms with van der Waals surface area (Å²) >= 11 is 0. The van der Waals surface area contributed by atoms with Crippen molar-refractivity contribution in [2.45, 2.75) is 25.7 Å². The fraction of sp³-hybridized carbons (Fsp3) is 0.222. The van der Waals surface area contributed by atoms with E-state index < -0.39 is 11.9 Å². The lowest BCUT2D eigenvalue weighted by atomic mass is 10.0. The van der Waals surface area contributed by atoms with Crippen LogP contribution >= 0.6 is 0 Å². The molecule has 114 valence electrons. The van der Waals surface area contributed by atoms with Gasteiger partial charge in [0.2, 0.25) is 0 Å². The minimum atomic E-state index is -0.906. The molecule has 22 heavy (non-hydrogen) atoms. The molecule has 2 aromatic carbocycles. The first kappa shape index (κ1) is 15.8. The molecule has 0 atom stereocenters. The Morgan fingerprint density at radius 3 is 1.23 bits per heavy atom. The molecule has 0 fully saturated rings. The molecule has 0 amide bonds. The highest BCUT2D eigenvalue weighted by atomic mass is 16.4. The smallest absolute Gasteiger partial charge is 0.335 e. The third-order valence-corrected chi connectivity index (χ3v) is 3.58. The Bertz CT molecular complexity index is 582. The van der Waals surface area contributed by atoms with Gasteiger partial charge in [0.15, 0.2) is 0 Å². The predicted octanol–water partition coefficient (Wildman–Crippen LogP) is 3.65. The van der Waals surface area contributed by atoms with Crippen molar-refractivity contribution in [3.63, 3.8) is 0 Å². The van der Waals surface area contributed by atoms with E-state index in [-0.39, 0.29) is 0 Å². The number of benzene rings is 2. The zero-order chi connectivity index (χ0) is 15.9. The van der Waals surface area contributed by atoms with Crippen molar-refractivity contribution in [3.05, 3.63) is 70.8 Å². The van der Waals surface area contributed by atoms with Crippen molar-refractivity contribution in [1.82, 2.24) is 0 Å². The molecule has 0 saturated carbocycles. The third kappa shape index (κ3) is 4.45.